The molecular weight excluding hydrogens is 534 g/mol. The number of aromatic nitrogens is 1. The van der Waals surface area contributed by atoms with Crippen molar-refractivity contribution in [2.45, 2.75) is 57.7 Å². The van der Waals surface area contributed by atoms with E-state index in [1.165, 1.54) is 0 Å². The maximum absolute atomic E-state index is 13.2. The van der Waals surface area contributed by atoms with E-state index >= 15 is 0 Å². The van der Waals surface area contributed by atoms with Gasteiger partial charge >= 0.3 is 5.63 Å². The number of benzene rings is 3. The maximum Gasteiger partial charge on any atom is 0.339 e. The fourth-order valence-corrected chi connectivity index (χ4v) is 5.52. The van der Waals surface area contributed by atoms with E-state index in [0.717, 1.165) is 16.5 Å². The van der Waals surface area contributed by atoms with E-state index in [1.807, 2.05) is 75.4 Å². The van der Waals surface area contributed by atoms with Crippen molar-refractivity contribution in [3.05, 3.63) is 112 Å². The van der Waals surface area contributed by atoms with Gasteiger partial charge in [-0.3, -0.25) is 4.79 Å². The minimum absolute atomic E-state index is 0.120. The predicted octanol–water partition coefficient (Wildman–Crippen LogP) is 5.16. The monoisotopic (exact) mass is 567 g/mol. The molecule has 5 aromatic rings. The fourth-order valence-electron chi connectivity index (χ4n) is 5.52. The van der Waals surface area contributed by atoms with Crippen molar-refractivity contribution in [3.63, 3.8) is 0 Å². The zero-order chi connectivity index (χ0) is 29.6. The molecule has 6 rings (SSSR count). The molecule has 1 unspecified atom stereocenters. The number of nitrogens with one attached hydrogen (secondary N) is 1. The lowest BCUT2D eigenvalue weighted by molar-refractivity contribution is -0.285. The van der Waals surface area contributed by atoms with Gasteiger partial charge in [-0.1, -0.05) is 55.5 Å². The van der Waals surface area contributed by atoms with Crippen molar-refractivity contribution in [1.82, 2.24) is 4.98 Å². The Morgan fingerprint density at radius 1 is 0.952 bits per heavy atom. The van der Waals surface area contributed by atoms with E-state index in [1.54, 1.807) is 24.3 Å². The third-order valence-corrected chi connectivity index (χ3v) is 8.34. The Hall–Kier alpha value is -4.24. The summed E-state index contributed by atoms with van der Waals surface area (Å²) in [7, 11) is 0. The predicted molar refractivity (Wildman–Crippen MR) is 159 cm³/mol. The van der Waals surface area contributed by atoms with Gasteiger partial charge in [-0.25, -0.2) is 4.79 Å². The number of hydrogen-bond donors (Lipinski definition) is 3. The fraction of sp³-hybridized carbons (Fsp3) is 0.294. The molecule has 3 heterocycles. The first-order valence-electron chi connectivity index (χ1n) is 14.0. The zero-order valence-corrected chi connectivity index (χ0v) is 23.7. The molecule has 3 N–H and O–H groups in total. The molecule has 8 heteroatoms. The summed E-state index contributed by atoms with van der Waals surface area (Å²) >= 11 is 0. The van der Waals surface area contributed by atoms with E-state index in [4.69, 9.17) is 13.9 Å². The van der Waals surface area contributed by atoms with Crippen molar-refractivity contribution in [1.29, 1.82) is 0 Å². The summed E-state index contributed by atoms with van der Waals surface area (Å²) in [6, 6.07) is 24.2. The number of aliphatic hydroxyl groups excluding tert-OH is 2. The smallest absolute Gasteiger partial charge is 0.339 e. The molecule has 0 aliphatic carbocycles. The number of aromatic amines is 1. The Morgan fingerprint density at radius 3 is 2.45 bits per heavy atom. The van der Waals surface area contributed by atoms with Crippen LogP contribution in [0, 0.1) is 5.92 Å². The standard InChI is InChI=1S/C34H33NO7/c1-19-29(37)30(38)33(42-34(19,2)3)40-28-14-13-22-16-23(18-27(36)26-17-21-11-7-8-12-25(21)35-26)32(39)41-31(22)24(28)15-20-9-5-4-6-10-20/h4-14,16-17,19,29-30,33,35,37-38H,15,18H2,1-3H3/t19-,29+,30+,33?/m1/s1. The highest BCUT2D eigenvalue weighted by atomic mass is 16.7. The van der Waals surface area contributed by atoms with Crippen LogP contribution in [0.4, 0.5) is 0 Å². The number of aliphatic hydroxyl groups is 2. The lowest BCUT2D eigenvalue weighted by Gasteiger charge is -2.46. The quantitative estimate of drug-likeness (QED) is 0.183. The largest absolute Gasteiger partial charge is 0.462 e. The number of H-pyrrole nitrogens is 1. The van der Waals surface area contributed by atoms with Crippen LogP contribution in [0.25, 0.3) is 21.9 Å². The lowest BCUT2D eigenvalue weighted by atomic mass is 9.82. The molecule has 0 spiro atoms. The highest BCUT2D eigenvalue weighted by Gasteiger charge is 2.48. The topological polar surface area (TPSA) is 122 Å². The molecule has 1 aliphatic heterocycles. The Balaban J connectivity index is 1.37. The van der Waals surface area contributed by atoms with Crippen LogP contribution in [0.15, 0.2) is 88.1 Å². The van der Waals surface area contributed by atoms with Crippen molar-refractivity contribution < 1.29 is 28.9 Å². The second-order valence-corrected chi connectivity index (χ2v) is 11.5. The third-order valence-electron chi connectivity index (χ3n) is 8.34. The molecule has 4 atom stereocenters. The molecule has 42 heavy (non-hydrogen) atoms. The van der Waals surface area contributed by atoms with Gasteiger partial charge in [0.15, 0.2) is 5.78 Å². The average Bonchev–Trinajstić information content (AvgIpc) is 3.42. The van der Waals surface area contributed by atoms with Crippen LogP contribution in [0.5, 0.6) is 5.75 Å². The van der Waals surface area contributed by atoms with Crippen LogP contribution >= 0.6 is 0 Å². The van der Waals surface area contributed by atoms with Gasteiger partial charge in [-0.15, -0.1) is 0 Å². The Labute approximate surface area is 242 Å². The van der Waals surface area contributed by atoms with E-state index in [0.29, 0.717) is 34.4 Å². The number of rotatable bonds is 7. The van der Waals surface area contributed by atoms with Crippen molar-refractivity contribution in [2.24, 2.45) is 5.92 Å². The Morgan fingerprint density at radius 2 is 1.69 bits per heavy atom. The summed E-state index contributed by atoms with van der Waals surface area (Å²) in [5.41, 5.74) is 2.02. The highest BCUT2D eigenvalue weighted by molar-refractivity contribution is 6.00. The third kappa shape index (κ3) is 5.25. The number of ether oxygens (including phenoxy) is 2. The van der Waals surface area contributed by atoms with E-state index in [2.05, 4.69) is 4.98 Å². The molecule has 0 saturated carbocycles. The van der Waals surface area contributed by atoms with Crippen LogP contribution in [-0.4, -0.2) is 45.1 Å². The zero-order valence-electron chi connectivity index (χ0n) is 23.7. The molecule has 3 aromatic carbocycles. The summed E-state index contributed by atoms with van der Waals surface area (Å²) in [4.78, 5) is 29.4. The number of para-hydroxylation sites is 1. The van der Waals surface area contributed by atoms with Crippen LogP contribution < -0.4 is 10.4 Å². The number of carbonyl (C=O) groups is 1. The van der Waals surface area contributed by atoms with Crippen molar-refractivity contribution in [3.8, 4) is 5.75 Å². The van der Waals surface area contributed by atoms with E-state index in [-0.39, 0.29) is 23.7 Å². The number of hydrogen-bond acceptors (Lipinski definition) is 7. The number of fused-ring (bicyclic) bond motifs is 2. The average molecular weight is 568 g/mol. The van der Waals surface area contributed by atoms with Gasteiger partial charge in [0.25, 0.3) is 0 Å². The van der Waals surface area contributed by atoms with E-state index in [9.17, 15) is 19.8 Å². The number of Topliss-reactive ketones (excluding diaryl/α,β-unsaturated/α-hetero) is 1. The maximum atomic E-state index is 13.2. The number of ketones is 1. The van der Waals surface area contributed by atoms with Gasteiger partial charge in [0, 0.05) is 46.2 Å². The van der Waals surface area contributed by atoms with Gasteiger partial charge in [-0.2, -0.15) is 0 Å². The Bertz CT molecular complexity index is 1790. The molecule has 0 amide bonds. The normalized spacial score (nSPS) is 21.9. The highest BCUT2D eigenvalue weighted by Crippen LogP contribution is 2.37. The first-order chi connectivity index (χ1) is 20.1. The molecule has 0 radical (unpaired) electrons. The molecule has 2 aromatic heterocycles. The minimum atomic E-state index is -1.28. The SMILES string of the molecule is C[C@@H]1[C@H](O)[C@H](O)C(Oc2ccc3cc(CC(=O)c4cc5ccccc5[nH]4)c(=O)oc3c2Cc2ccccc2)OC1(C)C. The minimum Gasteiger partial charge on any atom is -0.462 e. The number of carbonyl (C=O) groups excluding carboxylic acids is 1. The van der Waals surface area contributed by atoms with Crippen molar-refractivity contribution in [2.75, 3.05) is 0 Å². The van der Waals surface area contributed by atoms with Crippen molar-refractivity contribution >= 4 is 27.7 Å². The molecule has 8 nitrogen and oxygen atoms in total. The molecule has 0 bridgehead atoms. The summed E-state index contributed by atoms with van der Waals surface area (Å²) in [6.45, 7) is 5.49. The lowest BCUT2D eigenvalue weighted by Crippen LogP contribution is -2.59. The summed E-state index contributed by atoms with van der Waals surface area (Å²) in [5.74, 6) is -0.185. The second kappa shape index (κ2) is 10.9. The molecule has 1 saturated heterocycles. The van der Waals surface area contributed by atoms with Gasteiger partial charge in [0.05, 0.1) is 17.4 Å². The Kier molecular flexibility index (Phi) is 7.22. The van der Waals surface area contributed by atoms with Gasteiger partial charge in [0.2, 0.25) is 6.29 Å². The first-order valence-corrected chi connectivity index (χ1v) is 14.0. The summed E-state index contributed by atoms with van der Waals surface area (Å²) < 4.78 is 18.2. The molecule has 1 aliphatic rings. The molecule has 1 fully saturated rings. The van der Waals surface area contributed by atoms with Crippen LogP contribution in [0.3, 0.4) is 0 Å². The summed E-state index contributed by atoms with van der Waals surface area (Å²) in [5, 5.41) is 23.0. The van der Waals surface area contributed by atoms with Crippen LogP contribution in [0.1, 0.15) is 48.0 Å². The van der Waals surface area contributed by atoms with Crippen LogP contribution in [-0.2, 0) is 17.6 Å². The van der Waals surface area contributed by atoms with Gasteiger partial charge < -0.3 is 29.1 Å². The van der Waals surface area contributed by atoms with Gasteiger partial charge in [0.1, 0.15) is 17.4 Å². The first kappa shape index (κ1) is 27.9. The molecular formula is C34H33NO7. The second-order valence-electron chi connectivity index (χ2n) is 11.5. The summed E-state index contributed by atoms with van der Waals surface area (Å²) in [6.07, 6.45) is -3.22. The molecule has 216 valence electrons. The van der Waals surface area contributed by atoms with Crippen LogP contribution in [0.2, 0.25) is 0 Å². The van der Waals surface area contributed by atoms with E-state index < -0.39 is 29.7 Å². The van der Waals surface area contributed by atoms with Gasteiger partial charge in [-0.05, 0) is 49.7 Å².